The second-order valence-corrected chi connectivity index (χ2v) is 4.87. The highest BCUT2D eigenvalue weighted by Gasteiger charge is 2.12. The van der Waals surface area contributed by atoms with E-state index in [-0.39, 0.29) is 0 Å². The number of rotatable bonds is 7. The van der Waals surface area contributed by atoms with E-state index in [1.807, 2.05) is 0 Å². The van der Waals surface area contributed by atoms with Crippen LogP contribution in [0.3, 0.4) is 0 Å². The zero-order chi connectivity index (χ0) is 12.8. The minimum absolute atomic E-state index is 0.784. The van der Waals surface area contributed by atoms with Gasteiger partial charge in [-0.25, -0.2) is 0 Å². The molecule has 100 valence electrons. The van der Waals surface area contributed by atoms with Crippen LogP contribution in [-0.4, -0.2) is 37.7 Å². The molecule has 1 aliphatic rings. The lowest BCUT2D eigenvalue weighted by atomic mass is 10.1. The molecule has 0 bridgehead atoms. The van der Waals surface area contributed by atoms with E-state index >= 15 is 0 Å². The Morgan fingerprint density at radius 3 is 3.00 bits per heavy atom. The van der Waals surface area contributed by atoms with Gasteiger partial charge in [0.1, 0.15) is 5.75 Å². The van der Waals surface area contributed by atoms with Crippen molar-refractivity contribution in [1.82, 2.24) is 4.90 Å². The summed E-state index contributed by atoms with van der Waals surface area (Å²) < 4.78 is 5.53. The van der Waals surface area contributed by atoms with Crippen LogP contribution in [0.2, 0.25) is 0 Å². The second kappa shape index (κ2) is 6.76. The highest BCUT2D eigenvalue weighted by molar-refractivity contribution is 5.39. The van der Waals surface area contributed by atoms with Gasteiger partial charge in [-0.3, -0.25) is 0 Å². The van der Waals surface area contributed by atoms with Gasteiger partial charge in [0.15, 0.2) is 0 Å². The molecule has 1 heterocycles. The molecule has 2 rings (SSSR count). The van der Waals surface area contributed by atoms with Gasteiger partial charge in [0, 0.05) is 13.0 Å². The Morgan fingerprint density at radius 2 is 2.22 bits per heavy atom. The van der Waals surface area contributed by atoms with E-state index in [1.54, 1.807) is 0 Å². The molecule has 0 saturated heterocycles. The van der Waals surface area contributed by atoms with Gasteiger partial charge >= 0.3 is 0 Å². The SMILES string of the molecule is CCN(CCCN)CCc1ccc2c(c1)CCO2. The molecule has 1 aromatic carbocycles. The van der Waals surface area contributed by atoms with Crippen molar-refractivity contribution in [3.63, 3.8) is 0 Å². The topological polar surface area (TPSA) is 38.5 Å². The van der Waals surface area contributed by atoms with Crippen LogP contribution in [0.5, 0.6) is 5.75 Å². The summed E-state index contributed by atoms with van der Waals surface area (Å²) in [6.07, 6.45) is 3.27. The van der Waals surface area contributed by atoms with Gasteiger partial charge in [-0.2, -0.15) is 0 Å². The van der Waals surface area contributed by atoms with Crippen molar-refractivity contribution in [2.75, 3.05) is 32.8 Å². The number of fused-ring (bicyclic) bond motifs is 1. The molecule has 0 fully saturated rings. The molecule has 3 heteroatoms. The van der Waals surface area contributed by atoms with Gasteiger partial charge in [0.05, 0.1) is 6.61 Å². The lowest BCUT2D eigenvalue weighted by molar-refractivity contribution is 0.290. The first-order chi connectivity index (χ1) is 8.83. The van der Waals surface area contributed by atoms with Crippen molar-refractivity contribution >= 4 is 0 Å². The van der Waals surface area contributed by atoms with E-state index in [0.29, 0.717) is 0 Å². The Balaban J connectivity index is 1.85. The Morgan fingerprint density at radius 1 is 1.33 bits per heavy atom. The van der Waals surface area contributed by atoms with E-state index in [0.717, 1.165) is 57.8 Å². The first kappa shape index (κ1) is 13.4. The number of hydrogen-bond donors (Lipinski definition) is 1. The Hall–Kier alpha value is -1.06. The predicted molar refractivity (Wildman–Crippen MR) is 75.1 cm³/mol. The van der Waals surface area contributed by atoms with Crippen LogP contribution in [0.25, 0.3) is 0 Å². The Labute approximate surface area is 110 Å². The van der Waals surface area contributed by atoms with Gasteiger partial charge in [0.2, 0.25) is 0 Å². The molecular weight excluding hydrogens is 224 g/mol. The first-order valence-electron chi connectivity index (χ1n) is 7.00. The average Bonchev–Trinajstić information content (AvgIpc) is 2.86. The normalized spacial score (nSPS) is 13.7. The largest absolute Gasteiger partial charge is 0.493 e. The number of likely N-dealkylation sites (N-methyl/N-ethyl adjacent to an activating group) is 1. The number of hydrogen-bond acceptors (Lipinski definition) is 3. The fraction of sp³-hybridized carbons (Fsp3) is 0.600. The molecule has 0 unspecified atom stereocenters. The first-order valence-corrected chi connectivity index (χ1v) is 7.00. The predicted octanol–water partition coefficient (Wildman–Crippen LogP) is 1.83. The van der Waals surface area contributed by atoms with Crippen molar-refractivity contribution in [3.05, 3.63) is 29.3 Å². The zero-order valence-corrected chi connectivity index (χ0v) is 11.3. The summed E-state index contributed by atoms with van der Waals surface area (Å²) in [5.74, 6) is 1.08. The molecule has 0 aromatic heterocycles. The molecular formula is C15H24N2O. The van der Waals surface area contributed by atoms with Crippen LogP contribution in [0.15, 0.2) is 18.2 Å². The fourth-order valence-corrected chi connectivity index (χ4v) is 2.43. The Kier molecular flexibility index (Phi) is 5.02. The molecule has 18 heavy (non-hydrogen) atoms. The van der Waals surface area contributed by atoms with Crippen molar-refractivity contribution in [2.45, 2.75) is 26.2 Å². The zero-order valence-electron chi connectivity index (χ0n) is 11.3. The number of benzene rings is 1. The lowest BCUT2D eigenvalue weighted by Gasteiger charge is -2.20. The third-order valence-corrected chi connectivity index (χ3v) is 3.60. The van der Waals surface area contributed by atoms with Crippen LogP contribution in [-0.2, 0) is 12.8 Å². The molecule has 0 radical (unpaired) electrons. The number of nitrogens with zero attached hydrogens (tertiary/aromatic N) is 1. The molecule has 0 saturated carbocycles. The van der Waals surface area contributed by atoms with Crippen LogP contribution in [0.1, 0.15) is 24.5 Å². The van der Waals surface area contributed by atoms with Gasteiger partial charge < -0.3 is 15.4 Å². The van der Waals surface area contributed by atoms with E-state index < -0.39 is 0 Å². The molecule has 0 spiro atoms. The summed E-state index contributed by atoms with van der Waals surface area (Å²) in [4.78, 5) is 2.47. The molecule has 2 N–H and O–H groups in total. The highest BCUT2D eigenvalue weighted by atomic mass is 16.5. The van der Waals surface area contributed by atoms with E-state index in [1.165, 1.54) is 11.1 Å². The van der Waals surface area contributed by atoms with Crippen molar-refractivity contribution in [3.8, 4) is 5.75 Å². The minimum Gasteiger partial charge on any atom is -0.493 e. The third kappa shape index (κ3) is 3.47. The van der Waals surface area contributed by atoms with Crippen molar-refractivity contribution < 1.29 is 4.74 Å². The number of ether oxygens (including phenoxy) is 1. The maximum absolute atomic E-state index is 5.56. The van der Waals surface area contributed by atoms with Gasteiger partial charge in [-0.15, -0.1) is 0 Å². The summed E-state index contributed by atoms with van der Waals surface area (Å²) >= 11 is 0. The molecule has 0 atom stereocenters. The third-order valence-electron chi connectivity index (χ3n) is 3.60. The molecule has 1 aromatic rings. The summed E-state index contributed by atoms with van der Waals surface area (Å²) in [7, 11) is 0. The van der Waals surface area contributed by atoms with E-state index in [9.17, 15) is 0 Å². The lowest BCUT2D eigenvalue weighted by Crippen LogP contribution is -2.28. The van der Waals surface area contributed by atoms with Crippen LogP contribution in [0, 0.1) is 0 Å². The maximum atomic E-state index is 5.56. The average molecular weight is 248 g/mol. The summed E-state index contributed by atoms with van der Waals surface area (Å²) in [5, 5.41) is 0. The fourth-order valence-electron chi connectivity index (χ4n) is 2.43. The van der Waals surface area contributed by atoms with Crippen molar-refractivity contribution in [2.24, 2.45) is 5.73 Å². The smallest absolute Gasteiger partial charge is 0.122 e. The van der Waals surface area contributed by atoms with Gasteiger partial charge in [-0.1, -0.05) is 19.1 Å². The molecule has 1 aliphatic heterocycles. The quantitative estimate of drug-likeness (QED) is 0.800. The summed E-state index contributed by atoms with van der Waals surface area (Å²) in [6, 6.07) is 6.62. The second-order valence-electron chi connectivity index (χ2n) is 4.87. The molecule has 0 amide bonds. The standard InChI is InChI=1S/C15H24N2O/c1-2-17(9-3-8-16)10-6-13-4-5-15-14(12-13)7-11-18-15/h4-5,12H,2-3,6-11,16H2,1H3. The molecule has 3 nitrogen and oxygen atoms in total. The summed E-state index contributed by atoms with van der Waals surface area (Å²) in [5.41, 5.74) is 8.35. The van der Waals surface area contributed by atoms with Crippen LogP contribution >= 0.6 is 0 Å². The highest BCUT2D eigenvalue weighted by Crippen LogP contribution is 2.25. The van der Waals surface area contributed by atoms with Crippen molar-refractivity contribution in [1.29, 1.82) is 0 Å². The van der Waals surface area contributed by atoms with Gasteiger partial charge in [0.25, 0.3) is 0 Å². The van der Waals surface area contributed by atoms with E-state index in [2.05, 4.69) is 30.0 Å². The number of nitrogens with two attached hydrogens (primary N) is 1. The van der Waals surface area contributed by atoms with Crippen LogP contribution in [0.4, 0.5) is 0 Å². The van der Waals surface area contributed by atoms with E-state index in [4.69, 9.17) is 10.5 Å². The van der Waals surface area contributed by atoms with Gasteiger partial charge in [-0.05, 0) is 49.7 Å². The maximum Gasteiger partial charge on any atom is 0.122 e. The Bertz CT molecular complexity index is 379. The molecule has 0 aliphatic carbocycles. The minimum atomic E-state index is 0.784. The van der Waals surface area contributed by atoms with Crippen LogP contribution < -0.4 is 10.5 Å². The summed E-state index contributed by atoms with van der Waals surface area (Å²) in [6.45, 7) is 7.18. The monoisotopic (exact) mass is 248 g/mol.